The van der Waals surface area contributed by atoms with Gasteiger partial charge in [-0.25, -0.2) is 0 Å². The van der Waals surface area contributed by atoms with Crippen molar-refractivity contribution in [3.05, 3.63) is 0 Å². The van der Waals surface area contributed by atoms with Crippen molar-refractivity contribution in [2.24, 2.45) is 0 Å². The summed E-state index contributed by atoms with van der Waals surface area (Å²) >= 11 is 0. The molecule has 0 aromatic heterocycles. The van der Waals surface area contributed by atoms with Gasteiger partial charge in [0.1, 0.15) is 48.8 Å². The monoisotopic (exact) mass is 1130 g/mol. The summed E-state index contributed by atoms with van der Waals surface area (Å²) in [6.07, 6.45) is 42.5. The lowest BCUT2D eigenvalue weighted by atomic mass is 9.97. The molecule has 0 aromatic rings. The molecule has 1 amide bonds. The Kier molecular flexibility index (Phi) is 48.2. The number of nitrogens with one attached hydrogen (secondary N) is 1. The van der Waals surface area contributed by atoms with Crippen LogP contribution in [0.4, 0.5) is 0 Å². The quantitative estimate of drug-likeness (QED) is 0.0259. The van der Waals surface area contributed by atoms with E-state index in [0.29, 0.717) is 12.8 Å². The maximum absolute atomic E-state index is 13.3. The van der Waals surface area contributed by atoms with Crippen molar-refractivity contribution in [1.82, 2.24) is 5.32 Å². The van der Waals surface area contributed by atoms with E-state index in [1.54, 1.807) is 0 Å². The number of rotatable bonds is 56. The molecular weight excluding hydrogens is 1000 g/mol. The zero-order chi connectivity index (χ0) is 57.4. The number of hydrogen-bond acceptors (Lipinski definition) is 13. The molecule has 0 spiro atoms. The molecular formula is C65H127NO13. The molecule has 470 valence electrons. The second-order valence-electron chi connectivity index (χ2n) is 24.3. The number of hydrogen-bond donors (Lipinski definition) is 9. The van der Waals surface area contributed by atoms with Crippen LogP contribution < -0.4 is 5.32 Å². The zero-order valence-electron chi connectivity index (χ0n) is 50.9. The molecule has 9 N–H and O–H groups in total. The minimum atomic E-state index is -1.78. The molecule has 2 saturated heterocycles. The van der Waals surface area contributed by atoms with Gasteiger partial charge >= 0.3 is 0 Å². The van der Waals surface area contributed by atoms with Gasteiger partial charge < -0.3 is 65.1 Å². The molecule has 0 radical (unpaired) electrons. The van der Waals surface area contributed by atoms with Crippen LogP contribution in [0.25, 0.3) is 0 Å². The van der Waals surface area contributed by atoms with Crippen molar-refractivity contribution < 1.29 is 64.6 Å². The highest BCUT2D eigenvalue weighted by atomic mass is 16.7. The van der Waals surface area contributed by atoms with Crippen molar-refractivity contribution in [2.45, 2.75) is 389 Å². The van der Waals surface area contributed by atoms with E-state index >= 15 is 0 Å². The van der Waals surface area contributed by atoms with Gasteiger partial charge in [-0.1, -0.05) is 296 Å². The van der Waals surface area contributed by atoms with Crippen LogP contribution >= 0.6 is 0 Å². The predicted octanol–water partition coefficient (Wildman–Crippen LogP) is 12.8. The minimum absolute atomic E-state index is 0.198. The Bertz CT molecular complexity index is 1330. The molecule has 0 bridgehead atoms. The van der Waals surface area contributed by atoms with Gasteiger partial charge in [-0.2, -0.15) is 0 Å². The molecule has 2 aliphatic rings. The number of aliphatic hydroxyl groups excluding tert-OH is 8. The first kappa shape index (κ1) is 74.1. The van der Waals surface area contributed by atoms with Gasteiger partial charge in [0.2, 0.25) is 5.91 Å². The van der Waals surface area contributed by atoms with E-state index in [1.807, 2.05) is 0 Å². The van der Waals surface area contributed by atoms with Gasteiger partial charge in [-0.15, -0.1) is 0 Å². The highest BCUT2D eigenvalue weighted by molar-refractivity contribution is 5.76. The predicted molar refractivity (Wildman–Crippen MR) is 319 cm³/mol. The van der Waals surface area contributed by atoms with E-state index in [0.717, 1.165) is 51.4 Å². The van der Waals surface area contributed by atoms with Crippen molar-refractivity contribution in [3.8, 4) is 0 Å². The highest BCUT2D eigenvalue weighted by Gasteiger charge is 2.51. The Morgan fingerprint density at radius 3 is 1.08 bits per heavy atom. The second kappa shape index (κ2) is 51.4. The van der Waals surface area contributed by atoms with Crippen LogP contribution in [-0.4, -0.2) is 140 Å². The molecule has 2 heterocycles. The van der Waals surface area contributed by atoms with Crippen LogP contribution in [-0.2, 0) is 23.7 Å². The van der Waals surface area contributed by atoms with Crippen molar-refractivity contribution >= 4 is 5.91 Å². The normalized spacial score (nSPS) is 24.3. The SMILES string of the molecule is CCCCCCCCCCCCCCCCCCCCCCCCCCCC(O)C(COC1OC(CO)C(OC2OC(CO)C(O)C(O)C2O)C(O)C1O)NC(=O)CCCCCCCCCCCCCCCCCCCCCC. The molecule has 14 heteroatoms. The minimum Gasteiger partial charge on any atom is -0.394 e. The summed E-state index contributed by atoms with van der Waals surface area (Å²) in [6, 6.07) is -0.824. The summed E-state index contributed by atoms with van der Waals surface area (Å²) in [4.78, 5) is 13.3. The second-order valence-corrected chi connectivity index (χ2v) is 24.3. The number of carbonyl (C=O) groups is 1. The van der Waals surface area contributed by atoms with E-state index in [9.17, 15) is 45.6 Å². The molecule has 12 unspecified atom stereocenters. The van der Waals surface area contributed by atoms with Crippen LogP contribution in [0.1, 0.15) is 316 Å². The fourth-order valence-corrected chi connectivity index (χ4v) is 11.7. The third kappa shape index (κ3) is 36.4. The first-order valence-corrected chi connectivity index (χ1v) is 33.8. The Morgan fingerprint density at radius 2 is 0.722 bits per heavy atom. The third-order valence-corrected chi connectivity index (χ3v) is 17.1. The Labute approximate surface area is 483 Å². The molecule has 14 nitrogen and oxygen atoms in total. The standard InChI is InChI=1S/C65H127NO13/c1-3-5-7-9-11-13-15-17-19-21-23-25-26-27-28-29-30-32-34-36-38-40-42-44-46-48-54(69)53(66-57(70)49-47-45-43-41-39-37-35-33-31-24-22-20-18-16-14-12-10-8-6-4-2)52-76-64-62(75)60(73)63(56(51-68)78-64)79-65-61(74)59(72)58(71)55(50-67)77-65/h53-56,58-65,67-69,71-75H,3-52H2,1-2H3,(H,66,70). The van der Waals surface area contributed by atoms with E-state index in [-0.39, 0.29) is 12.5 Å². The van der Waals surface area contributed by atoms with Crippen LogP contribution in [0.2, 0.25) is 0 Å². The Balaban J connectivity index is 1.69. The molecule has 2 aliphatic heterocycles. The summed E-state index contributed by atoms with van der Waals surface area (Å²) in [5, 5.41) is 87.5. The average molecular weight is 1130 g/mol. The fraction of sp³-hybridized carbons (Fsp3) is 0.985. The Morgan fingerprint density at radius 1 is 0.405 bits per heavy atom. The average Bonchev–Trinajstić information content (AvgIpc) is 3.47. The first-order valence-electron chi connectivity index (χ1n) is 33.8. The van der Waals surface area contributed by atoms with Crippen molar-refractivity contribution in [1.29, 1.82) is 0 Å². The Hall–Kier alpha value is -1.01. The molecule has 0 aliphatic carbocycles. The molecule has 0 saturated carbocycles. The van der Waals surface area contributed by atoms with Crippen LogP contribution in [0.3, 0.4) is 0 Å². The number of amides is 1. The van der Waals surface area contributed by atoms with E-state index in [4.69, 9.17) is 18.9 Å². The largest absolute Gasteiger partial charge is 0.394 e. The molecule has 2 fully saturated rings. The summed E-state index contributed by atoms with van der Waals surface area (Å²) < 4.78 is 22.9. The molecule has 79 heavy (non-hydrogen) atoms. The lowest BCUT2D eigenvalue weighted by Gasteiger charge is -2.46. The van der Waals surface area contributed by atoms with Gasteiger partial charge in [-0.3, -0.25) is 4.79 Å². The molecule has 0 aromatic carbocycles. The van der Waals surface area contributed by atoms with Gasteiger partial charge in [0, 0.05) is 6.42 Å². The number of ether oxygens (including phenoxy) is 4. The van der Waals surface area contributed by atoms with Gasteiger partial charge in [0.05, 0.1) is 32.0 Å². The van der Waals surface area contributed by atoms with Gasteiger partial charge in [-0.05, 0) is 12.8 Å². The summed E-state index contributed by atoms with van der Waals surface area (Å²) in [7, 11) is 0. The fourth-order valence-electron chi connectivity index (χ4n) is 11.7. The van der Waals surface area contributed by atoms with E-state index < -0.39 is 86.8 Å². The van der Waals surface area contributed by atoms with Crippen LogP contribution in [0.5, 0.6) is 0 Å². The summed E-state index contributed by atoms with van der Waals surface area (Å²) in [6.45, 7) is 2.92. The van der Waals surface area contributed by atoms with Gasteiger partial charge in [0.25, 0.3) is 0 Å². The van der Waals surface area contributed by atoms with E-state index in [1.165, 1.54) is 238 Å². The maximum Gasteiger partial charge on any atom is 0.220 e. The van der Waals surface area contributed by atoms with Crippen molar-refractivity contribution in [3.63, 3.8) is 0 Å². The first-order chi connectivity index (χ1) is 38.6. The maximum atomic E-state index is 13.3. The van der Waals surface area contributed by atoms with Crippen molar-refractivity contribution in [2.75, 3.05) is 19.8 Å². The number of aliphatic hydroxyl groups is 8. The van der Waals surface area contributed by atoms with Gasteiger partial charge in [0.15, 0.2) is 12.6 Å². The van der Waals surface area contributed by atoms with E-state index in [2.05, 4.69) is 19.2 Å². The molecule has 12 atom stereocenters. The third-order valence-electron chi connectivity index (χ3n) is 17.1. The highest BCUT2D eigenvalue weighted by Crippen LogP contribution is 2.30. The topological polar surface area (TPSA) is 228 Å². The lowest BCUT2D eigenvalue weighted by Crippen LogP contribution is -2.65. The summed E-state index contributed by atoms with van der Waals surface area (Å²) in [5.41, 5.74) is 0. The molecule has 2 rings (SSSR count). The smallest absolute Gasteiger partial charge is 0.220 e. The zero-order valence-corrected chi connectivity index (χ0v) is 50.9. The summed E-state index contributed by atoms with van der Waals surface area (Å²) in [5.74, 6) is -0.198. The van der Waals surface area contributed by atoms with Crippen LogP contribution in [0, 0.1) is 0 Å². The lowest BCUT2D eigenvalue weighted by molar-refractivity contribution is -0.359. The number of carbonyl (C=O) groups excluding carboxylic acids is 1. The number of unbranched alkanes of at least 4 members (excludes halogenated alkanes) is 43. The van der Waals surface area contributed by atoms with Crippen LogP contribution in [0.15, 0.2) is 0 Å².